The van der Waals surface area contributed by atoms with Crippen LogP contribution in [-0.4, -0.2) is 24.2 Å². The molecule has 1 saturated heterocycles. The van der Waals surface area contributed by atoms with Gasteiger partial charge in [-0.25, -0.2) is 0 Å². The Morgan fingerprint density at radius 2 is 1.09 bits per heavy atom. The van der Waals surface area contributed by atoms with Gasteiger partial charge < -0.3 is 10.6 Å². The molecule has 4 rings (SSSR count). The second-order valence-electron chi connectivity index (χ2n) is 9.31. The van der Waals surface area contributed by atoms with Gasteiger partial charge in [-0.2, -0.15) is 0 Å². The van der Waals surface area contributed by atoms with Crippen LogP contribution in [0.3, 0.4) is 0 Å². The summed E-state index contributed by atoms with van der Waals surface area (Å²) in [5, 5.41) is 8.47. The fraction of sp³-hybridized carbons (Fsp3) is 1.00. The van der Waals surface area contributed by atoms with E-state index >= 15 is 0 Å². The number of hydrogen-bond acceptors (Lipinski definition) is 2. The van der Waals surface area contributed by atoms with Gasteiger partial charge in [0.15, 0.2) is 0 Å². The summed E-state index contributed by atoms with van der Waals surface area (Å²) < 4.78 is 0. The van der Waals surface area contributed by atoms with E-state index in [4.69, 9.17) is 0 Å². The van der Waals surface area contributed by atoms with Crippen LogP contribution in [0.2, 0.25) is 0 Å². The standard InChI is InChI=1S/C21H38N2/c1-15-12-13-18-19(14-15)23-21(17-10-6-3-7-11-17)20(22-18)16-8-4-2-5-9-16/h15-23H,2-14H2,1H3. The van der Waals surface area contributed by atoms with Gasteiger partial charge in [-0.05, 0) is 62.7 Å². The third kappa shape index (κ3) is 3.63. The molecule has 0 spiro atoms. The first-order valence-corrected chi connectivity index (χ1v) is 10.8. The third-order valence-electron chi connectivity index (χ3n) is 7.63. The lowest BCUT2D eigenvalue weighted by Gasteiger charge is -2.52. The molecule has 0 aromatic heterocycles. The summed E-state index contributed by atoms with van der Waals surface area (Å²) in [6.45, 7) is 2.46. The molecule has 2 heteroatoms. The molecule has 4 fully saturated rings. The summed E-state index contributed by atoms with van der Waals surface area (Å²) in [4.78, 5) is 0. The minimum Gasteiger partial charge on any atom is -0.308 e. The summed E-state index contributed by atoms with van der Waals surface area (Å²) in [5.74, 6) is 2.81. The third-order valence-corrected chi connectivity index (χ3v) is 7.63. The molecule has 2 nitrogen and oxygen atoms in total. The molecule has 0 bridgehead atoms. The lowest BCUT2D eigenvalue weighted by molar-refractivity contribution is 0.0672. The minimum absolute atomic E-state index is 0.755. The van der Waals surface area contributed by atoms with Crippen molar-refractivity contribution >= 4 is 0 Å². The van der Waals surface area contributed by atoms with Gasteiger partial charge >= 0.3 is 0 Å². The number of rotatable bonds is 2. The number of nitrogens with one attached hydrogen (secondary N) is 2. The van der Waals surface area contributed by atoms with Gasteiger partial charge in [-0.1, -0.05) is 45.4 Å². The largest absolute Gasteiger partial charge is 0.308 e. The molecule has 1 aliphatic heterocycles. The lowest BCUT2D eigenvalue weighted by Crippen LogP contribution is -2.70. The molecule has 23 heavy (non-hydrogen) atoms. The van der Waals surface area contributed by atoms with Crippen LogP contribution < -0.4 is 10.6 Å². The van der Waals surface area contributed by atoms with Crippen LogP contribution in [-0.2, 0) is 0 Å². The van der Waals surface area contributed by atoms with Crippen LogP contribution >= 0.6 is 0 Å². The van der Waals surface area contributed by atoms with E-state index in [0.29, 0.717) is 0 Å². The topological polar surface area (TPSA) is 24.1 Å². The van der Waals surface area contributed by atoms with Crippen molar-refractivity contribution in [2.45, 2.75) is 115 Å². The van der Waals surface area contributed by atoms with Gasteiger partial charge in [-0.3, -0.25) is 0 Å². The summed E-state index contributed by atoms with van der Waals surface area (Å²) >= 11 is 0. The molecule has 0 radical (unpaired) electrons. The maximum atomic E-state index is 4.24. The Morgan fingerprint density at radius 3 is 1.65 bits per heavy atom. The molecule has 2 N–H and O–H groups in total. The Morgan fingerprint density at radius 1 is 0.565 bits per heavy atom. The highest BCUT2D eigenvalue weighted by molar-refractivity contribution is 5.04. The number of piperazine rings is 1. The van der Waals surface area contributed by atoms with Crippen molar-refractivity contribution in [1.82, 2.24) is 10.6 Å². The molecule has 0 aromatic rings. The molecular formula is C21H38N2. The number of hydrogen-bond donors (Lipinski definition) is 2. The predicted octanol–water partition coefficient (Wildman–Crippen LogP) is 4.63. The van der Waals surface area contributed by atoms with Crippen LogP contribution in [0.15, 0.2) is 0 Å². The maximum Gasteiger partial charge on any atom is 0.0255 e. The molecule has 4 aliphatic rings. The zero-order chi connectivity index (χ0) is 15.6. The normalized spacial score (nSPS) is 44.0. The fourth-order valence-corrected chi connectivity index (χ4v) is 6.31. The van der Waals surface area contributed by atoms with Gasteiger partial charge in [0.1, 0.15) is 0 Å². The Labute approximate surface area is 143 Å². The first-order chi connectivity index (χ1) is 11.3. The zero-order valence-electron chi connectivity index (χ0n) is 15.2. The van der Waals surface area contributed by atoms with E-state index in [1.165, 1.54) is 83.5 Å². The summed E-state index contributed by atoms with van der Waals surface area (Å²) in [5.41, 5.74) is 0. The Balaban J connectivity index is 1.50. The average molecular weight is 319 g/mol. The smallest absolute Gasteiger partial charge is 0.0255 e. The van der Waals surface area contributed by atoms with Gasteiger partial charge in [0.05, 0.1) is 0 Å². The highest BCUT2D eigenvalue weighted by atomic mass is 15.2. The van der Waals surface area contributed by atoms with Gasteiger partial charge in [0.25, 0.3) is 0 Å². The Kier molecular flexibility index (Phi) is 5.30. The quantitative estimate of drug-likeness (QED) is 0.775. The first-order valence-electron chi connectivity index (χ1n) is 10.8. The Bertz CT molecular complexity index is 370. The van der Waals surface area contributed by atoms with Crippen molar-refractivity contribution in [3.8, 4) is 0 Å². The van der Waals surface area contributed by atoms with E-state index in [9.17, 15) is 0 Å². The summed E-state index contributed by atoms with van der Waals surface area (Å²) in [7, 11) is 0. The van der Waals surface area contributed by atoms with Crippen molar-refractivity contribution < 1.29 is 0 Å². The van der Waals surface area contributed by atoms with Crippen LogP contribution in [0.25, 0.3) is 0 Å². The fourth-order valence-electron chi connectivity index (χ4n) is 6.31. The first kappa shape index (κ1) is 16.4. The average Bonchev–Trinajstić information content (AvgIpc) is 2.62. The molecule has 1 heterocycles. The van der Waals surface area contributed by atoms with E-state index < -0.39 is 0 Å². The van der Waals surface area contributed by atoms with Crippen molar-refractivity contribution in [2.75, 3.05) is 0 Å². The van der Waals surface area contributed by atoms with E-state index in [2.05, 4.69) is 17.6 Å². The van der Waals surface area contributed by atoms with E-state index in [1.807, 2.05) is 0 Å². The molecule has 132 valence electrons. The molecule has 0 aromatic carbocycles. The van der Waals surface area contributed by atoms with Crippen molar-refractivity contribution in [3.63, 3.8) is 0 Å². The second-order valence-corrected chi connectivity index (χ2v) is 9.31. The van der Waals surface area contributed by atoms with Gasteiger partial charge in [0, 0.05) is 24.2 Å². The molecule has 3 aliphatic carbocycles. The molecule has 5 atom stereocenters. The van der Waals surface area contributed by atoms with Crippen molar-refractivity contribution in [3.05, 3.63) is 0 Å². The van der Waals surface area contributed by atoms with E-state index in [-0.39, 0.29) is 0 Å². The van der Waals surface area contributed by atoms with E-state index in [1.54, 1.807) is 0 Å². The Hall–Kier alpha value is -0.0800. The van der Waals surface area contributed by atoms with Gasteiger partial charge in [0.2, 0.25) is 0 Å². The predicted molar refractivity (Wildman–Crippen MR) is 97.6 cm³/mol. The molecule has 5 unspecified atom stereocenters. The van der Waals surface area contributed by atoms with Crippen molar-refractivity contribution in [1.29, 1.82) is 0 Å². The van der Waals surface area contributed by atoms with Crippen LogP contribution in [0.4, 0.5) is 0 Å². The number of fused-ring (bicyclic) bond motifs is 1. The second kappa shape index (κ2) is 7.44. The highest BCUT2D eigenvalue weighted by Gasteiger charge is 2.44. The van der Waals surface area contributed by atoms with Crippen LogP contribution in [0, 0.1) is 17.8 Å². The molecule has 0 amide bonds. The van der Waals surface area contributed by atoms with Crippen molar-refractivity contribution in [2.24, 2.45) is 17.8 Å². The monoisotopic (exact) mass is 318 g/mol. The summed E-state index contributed by atoms with van der Waals surface area (Å²) in [6, 6.07) is 3.06. The summed E-state index contributed by atoms with van der Waals surface area (Å²) in [6.07, 6.45) is 19.0. The minimum atomic E-state index is 0.755. The van der Waals surface area contributed by atoms with Crippen LogP contribution in [0.1, 0.15) is 90.4 Å². The van der Waals surface area contributed by atoms with E-state index in [0.717, 1.165) is 41.9 Å². The highest BCUT2D eigenvalue weighted by Crippen LogP contribution is 2.38. The molecule has 3 saturated carbocycles. The van der Waals surface area contributed by atoms with Gasteiger partial charge in [-0.15, -0.1) is 0 Å². The SMILES string of the molecule is CC1CCC2NC(C3CCCCC3)C(C3CCCCC3)NC2C1. The maximum absolute atomic E-state index is 4.24. The molecular weight excluding hydrogens is 280 g/mol. The van der Waals surface area contributed by atoms with Crippen LogP contribution in [0.5, 0.6) is 0 Å². The zero-order valence-corrected chi connectivity index (χ0v) is 15.2. The lowest BCUT2D eigenvalue weighted by atomic mass is 9.70.